The van der Waals surface area contributed by atoms with Crippen molar-refractivity contribution in [3.63, 3.8) is 0 Å². The first-order chi connectivity index (χ1) is 17.4. The van der Waals surface area contributed by atoms with E-state index in [1.165, 1.54) is 0 Å². The van der Waals surface area contributed by atoms with Gasteiger partial charge in [0.15, 0.2) is 23.9 Å². The van der Waals surface area contributed by atoms with Crippen LogP contribution in [0.3, 0.4) is 0 Å². The number of hydrogen-bond acceptors (Lipinski definition) is 8. The first-order valence-electron chi connectivity index (χ1n) is 11.8. The van der Waals surface area contributed by atoms with Crippen LogP contribution in [0.2, 0.25) is 0 Å². The zero-order valence-corrected chi connectivity index (χ0v) is 21.4. The Morgan fingerprint density at radius 3 is 2.00 bits per heavy atom. The molecular weight excluding hydrogens is 460 g/mol. The third kappa shape index (κ3) is 5.30. The molecule has 1 aromatic heterocycles. The number of carbonyl (C=O) groups is 1. The van der Waals surface area contributed by atoms with Crippen molar-refractivity contribution in [1.82, 2.24) is 15.1 Å². The van der Waals surface area contributed by atoms with E-state index in [1.54, 1.807) is 21.3 Å². The van der Waals surface area contributed by atoms with Crippen LogP contribution in [0, 0.1) is 13.8 Å². The Balaban J connectivity index is 1.36. The van der Waals surface area contributed by atoms with Gasteiger partial charge < -0.3 is 28.7 Å². The fraction of sp³-hybridized carbons (Fsp3) is 0.370. The first kappa shape index (κ1) is 25.1. The number of ether oxygens (including phenoxy) is 4. The molecule has 3 aromatic rings. The summed E-state index contributed by atoms with van der Waals surface area (Å²) in [4.78, 5) is 16.7. The fourth-order valence-corrected chi connectivity index (χ4v) is 4.31. The highest BCUT2D eigenvalue weighted by Crippen LogP contribution is 2.40. The Morgan fingerprint density at radius 2 is 1.47 bits per heavy atom. The molecule has 0 radical (unpaired) electrons. The number of rotatable bonds is 8. The lowest BCUT2D eigenvalue weighted by Crippen LogP contribution is -2.50. The maximum Gasteiger partial charge on any atom is 0.260 e. The summed E-state index contributed by atoms with van der Waals surface area (Å²) in [5, 5.41) is 8.85. The van der Waals surface area contributed by atoms with Crippen molar-refractivity contribution in [2.24, 2.45) is 0 Å². The number of aromatic nitrogens is 2. The van der Waals surface area contributed by atoms with E-state index in [0.29, 0.717) is 49.1 Å². The topological polar surface area (TPSA) is 86.3 Å². The molecule has 0 bridgehead atoms. The first-order valence-corrected chi connectivity index (χ1v) is 11.8. The second kappa shape index (κ2) is 11.2. The minimum absolute atomic E-state index is 0.0128. The summed E-state index contributed by atoms with van der Waals surface area (Å²) in [6.45, 7) is 6.56. The number of carbonyl (C=O) groups excluding carboxylic acids is 1. The number of benzene rings is 2. The largest absolute Gasteiger partial charge is 0.493 e. The molecule has 190 valence electrons. The van der Waals surface area contributed by atoms with E-state index in [0.717, 1.165) is 28.3 Å². The molecular formula is C27H32N4O5. The molecule has 0 spiro atoms. The Labute approximate surface area is 211 Å². The average molecular weight is 493 g/mol. The predicted molar refractivity (Wildman–Crippen MR) is 137 cm³/mol. The molecule has 1 fully saturated rings. The summed E-state index contributed by atoms with van der Waals surface area (Å²) in [5.74, 6) is 3.18. The highest BCUT2D eigenvalue weighted by molar-refractivity contribution is 5.78. The van der Waals surface area contributed by atoms with Crippen LogP contribution in [-0.2, 0) is 4.79 Å². The van der Waals surface area contributed by atoms with Gasteiger partial charge in [0, 0.05) is 31.7 Å². The van der Waals surface area contributed by atoms with Crippen LogP contribution in [-0.4, -0.2) is 75.1 Å². The minimum Gasteiger partial charge on any atom is -0.493 e. The van der Waals surface area contributed by atoms with Gasteiger partial charge >= 0.3 is 0 Å². The highest BCUT2D eigenvalue weighted by Gasteiger charge is 2.23. The van der Waals surface area contributed by atoms with Gasteiger partial charge in [0.05, 0.1) is 27.0 Å². The number of anilines is 1. The van der Waals surface area contributed by atoms with E-state index in [4.69, 9.17) is 18.9 Å². The van der Waals surface area contributed by atoms with Crippen molar-refractivity contribution in [3.8, 4) is 34.3 Å². The van der Waals surface area contributed by atoms with Gasteiger partial charge in [0.1, 0.15) is 5.75 Å². The minimum atomic E-state index is -0.0128. The quantitative estimate of drug-likeness (QED) is 0.472. The summed E-state index contributed by atoms with van der Waals surface area (Å²) in [5.41, 5.74) is 3.56. The van der Waals surface area contributed by atoms with Crippen LogP contribution in [0.4, 0.5) is 5.82 Å². The predicted octanol–water partition coefficient (Wildman–Crippen LogP) is 3.51. The molecule has 1 saturated heterocycles. The van der Waals surface area contributed by atoms with E-state index in [9.17, 15) is 4.79 Å². The lowest BCUT2D eigenvalue weighted by atomic mass is 10.1. The fourth-order valence-electron chi connectivity index (χ4n) is 4.31. The van der Waals surface area contributed by atoms with E-state index in [2.05, 4.69) is 15.1 Å². The standard InChI is InChI=1S/C27H32N4O5/c1-18-7-6-8-19(2)26(18)36-17-25(32)31-13-11-30(12-14-31)24-10-9-21(28-29-24)20-15-22(33-3)27(35-5)23(16-20)34-4/h6-10,15-16H,11-14,17H2,1-5H3. The lowest BCUT2D eigenvalue weighted by Gasteiger charge is -2.35. The molecule has 2 heterocycles. The van der Waals surface area contributed by atoms with Crippen LogP contribution >= 0.6 is 0 Å². The van der Waals surface area contributed by atoms with Gasteiger partial charge in [-0.3, -0.25) is 4.79 Å². The summed E-state index contributed by atoms with van der Waals surface area (Å²) in [6, 6.07) is 13.5. The van der Waals surface area contributed by atoms with Crippen molar-refractivity contribution >= 4 is 11.7 Å². The van der Waals surface area contributed by atoms with Crippen molar-refractivity contribution in [2.45, 2.75) is 13.8 Å². The van der Waals surface area contributed by atoms with Gasteiger partial charge in [0.2, 0.25) is 5.75 Å². The maximum absolute atomic E-state index is 12.7. The molecule has 2 aromatic carbocycles. The third-order valence-electron chi connectivity index (χ3n) is 6.32. The van der Waals surface area contributed by atoms with Gasteiger partial charge in [-0.25, -0.2) is 0 Å². The number of methoxy groups -OCH3 is 3. The van der Waals surface area contributed by atoms with Crippen LogP contribution in [0.25, 0.3) is 11.3 Å². The molecule has 0 saturated carbocycles. The van der Waals surface area contributed by atoms with Crippen LogP contribution < -0.4 is 23.8 Å². The number of hydrogen-bond donors (Lipinski definition) is 0. The van der Waals surface area contributed by atoms with Crippen LogP contribution in [0.5, 0.6) is 23.0 Å². The maximum atomic E-state index is 12.7. The normalized spacial score (nSPS) is 13.4. The Morgan fingerprint density at radius 1 is 0.833 bits per heavy atom. The van der Waals surface area contributed by atoms with E-state index in [1.807, 2.05) is 61.2 Å². The number of para-hydroxylation sites is 1. The van der Waals surface area contributed by atoms with Gasteiger partial charge in [-0.1, -0.05) is 18.2 Å². The molecule has 36 heavy (non-hydrogen) atoms. The number of amides is 1. The van der Waals surface area contributed by atoms with Crippen molar-refractivity contribution in [3.05, 3.63) is 53.6 Å². The smallest absolute Gasteiger partial charge is 0.260 e. The molecule has 9 nitrogen and oxygen atoms in total. The molecule has 1 amide bonds. The Hall–Kier alpha value is -4.01. The van der Waals surface area contributed by atoms with E-state index >= 15 is 0 Å². The SMILES string of the molecule is COc1cc(-c2ccc(N3CCN(C(=O)COc4c(C)cccc4C)CC3)nn2)cc(OC)c1OC. The zero-order valence-electron chi connectivity index (χ0n) is 21.4. The Kier molecular flexibility index (Phi) is 7.77. The van der Waals surface area contributed by atoms with Gasteiger partial charge in [0.25, 0.3) is 5.91 Å². The summed E-state index contributed by atoms with van der Waals surface area (Å²) in [6.07, 6.45) is 0. The van der Waals surface area contributed by atoms with Gasteiger partial charge in [-0.05, 0) is 49.2 Å². The third-order valence-corrected chi connectivity index (χ3v) is 6.32. The molecule has 0 atom stereocenters. The van der Waals surface area contributed by atoms with Gasteiger partial charge in [-0.2, -0.15) is 0 Å². The van der Waals surface area contributed by atoms with Crippen molar-refractivity contribution in [2.75, 3.05) is 59.0 Å². The molecule has 0 unspecified atom stereocenters. The molecule has 9 heteroatoms. The highest BCUT2D eigenvalue weighted by atomic mass is 16.5. The number of nitrogens with zero attached hydrogens (tertiary/aromatic N) is 4. The molecule has 1 aliphatic heterocycles. The zero-order chi connectivity index (χ0) is 25.7. The summed E-state index contributed by atoms with van der Waals surface area (Å²) < 4.78 is 22.1. The molecule has 0 N–H and O–H groups in total. The number of piperazine rings is 1. The van der Waals surface area contributed by atoms with Crippen LogP contribution in [0.15, 0.2) is 42.5 Å². The van der Waals surface area contributed by atoms with E-state index in [-0.39, 0.29) is 12.5 Å². The monoisotopic (exact) mass is 492 g/mol. The second-order valence-corrected chi connectivity index (χ2v) is 8.57. The average Bonchev–Trinajstić information content (AvgIpc) is 2.92. The van der Waals surface area contributed by atoms with Crippen LogP contribution in [0.1, 0.15) is 11.1 Å². The van der Waals surface area contributed by atoms with Gasteiger partial charge in [-0.15, -0.1) is 10.2 Å². The molecule has 4 rings (SSSR count). The van der Waals surface area contributed by atoms with E-state index < -0.39 is 0 Å². The summed E-state index contributed by atoms with van der Waals surface area (Å²) in [7, 11) is 4.73. The Bertz CT molecular complexity index is 1160. The summed E-state index contributed by atoms with van der Waals surface area (Å²) >= 11 is 0. The lowest BCUT2D eigenvalue weighted by molar-refractivity contribution is -0.133. The van der Waals surface area contributed by atoms with Crippen molar-refractivity contribution < 1.29 is 23.7 Å². The molecule has 1 aliphatic rings. The van der Waals surface area contributed by atoms with Crippen molar-refractivity contribution in [1.29, 1.82) is 0 Å². The number of aryl methyl sites for hydroxylation is 2. The molecule has 0 aliphatic carbocycles. The second-order valence-electron chi connectivity index (χ2n) is 8.57.